The van der Waals surface area contributed by atoms with E-state index in [2.05, 4.69) is 16.4 Å². The van der Waals surface area contributed by atoms with Crippen molar-refractivity contribution in [3.63, 3.8) is 0 Å². The zero-order chi connectivity index (χ0) is 13.5. The molecule has 0 bridgehead atoms. The summed E-state index contributed by atoms with van der Waals surface area (Å²) in [6, 6.07) is 7.61. The molecule has 0 radical (unpaired) electrons. The molecule has 20 heavy (non-hydrogen) atoms. The number of anilines is 1. The number of aliphatic imine (C=N–C) groups is 1. The van der Waals surface area contributed by atoms with Gasteiger partial charge in [-0.25, -0.2) is 0 Å². The smallest absolute Gasteiger partial charge is 0.193 e. The molecule has 0 saturated heterocycles. The van der Waals surface area contributed by atoms with E-state index in [0.717, 1.165) is 24.4 Å². The van der Waals surface area contributed by atoms with Crippen LogP contribution in [0.15, 0.2) is 40.9 Å². The fraction of sp³-hybridized carbons (Fsp3) is 0.400. The number of ether oxygens (including phenoxy) is 1. The third-order valence-corrected chi connectivity index (χ3v) is 3.21. The Morgan fingerprint density at radius 1 is 1.35 bits per heavy atom. The van der Waals surface area contributed by atoms with Crippen LogP contribution < -0.4 is 15.8 Å². The van der Waals surface area contributed by atoms with E-state index >= 15 is 0 Å². The van der Waals surface area contributed by atoms with Crippen LogP contribution in [0.25, 0.3) is 0 Å². The lowest BCUT2D eigenvalue weighted by Crippen LogP contribution is -2.22. The van der Waals surface area contributed by atoms with E-state index in [9.17, 15) is 0 Å². The number of hydrogen-bond acceptors (Lipinski definition) is 2. The van der Waals surface area contributed by atoms with Gasteiger partial charge in [0.1, 0.15) is 5.75 Å². The van der Waals surface area contributed by atoms with Gasteiger partial charge in [0, 0.05) is 12.2 Å². The predicted octanol–water partition coefficient (Wildman–Crippen LogP) is 3.54. The average Bonchev–Trinajstić information content (AvgIpc) is 2.93. The first kappa shape index (κ1) is 16.8. The molecule has 5 heteroatoms. The normalized spacial score (nSPS) is 14.4. The lowest BCUT2D eigenvalue weighted by Gasteiger charge is -2.06. The summed E-state index contributed by atoms with van der Waals surface area (Å²) in [5, 5.41) is 3.07. The number of guanidine groups is 1. The maximum absolute atomic E-state index is 5.85. The number of nitrogens with zero attached hydrogens (tertiary/aromatic N) is 1. The van der Waals surface area contributed by atoms with Crippen LogP contribution in [0.5, 0.6) is 5.75 Å². The molecule has 0 atom stereocenters. The van der Waals surface area contributed by atoms with Crippen molar-refractivity contribution in [2.45, 2.75) is 25.7 Å². The molecule has 2 rings (SSSR count). The average molecular weight is 387 g/mol. The maximum Gasteiger partial charge on any atom is 0.193 e. The Morgan fingerprint density at radius 2 is 2.10 bits per heavy atom. The van der Waals surface area contributed by atoms with E-state index in [4.69, 9.17) is 10.5 Å². The van der Waals surface area contributed by atoms with Crippen molar-refractivity contribution in [3.05, 3.63) is 35.9 Å². The van der Waals surface area contributed by atoms with Gasteiger partial charge in [-0.15, -0.1) is 24.0 Å². The highest BCUT2D eigenvalue weighted by Crippen LogP contribution is 2.20. The SMILES string of the molecule is COc1ccc(NC(N)=NCCC2=CCCC2)cc1.I. The van der Waals surface area contributed by atoms with Crippen LogP contribution in [-0.2, 0) is 0 Å². The summed E-state index contributed by atoms with van der Waals surface area (Å²) < 4.78 is 5.10. The van der Waals surface area contributed by atoms with Gasteiger partial charge in [0.25, 0.3) is 0 Å². The molecular formula is C15H22IN3O. The number of rotatable bonds is 5. The second kappa shape index (κ2) is 8.84. The van der Waals surface area contributed by atoms with Crippen molar-refractivity contribution >= 4 is 35.6 Å². The van der Waals surface area contributed by atoms with Crippen LogP contribution in [0.1, 0.15) is 25.7 Å². The van der Waals surface area contributed by atoms with Gasteiger partial charge >= 0.3 is 0 Å². The molecule has 0 saturated carbocycles. The van der Waals surface area contributed by atoms with E-state index in [0.29, 0.717) is 5.96 Å². The molecular weight excluding hydrogens is 365 g/mol. The highest BCUT2D eigenvalue weighted by molar-refractivity contribution is 14.0. The van der Waals surface area contributed by atoms with Crippen LogP contribution >= 0.6 is 24.0 Å². The topological polar surface area (TPSA) is 59.6 Å². The first-order valence-corrected chi connectivity index (χ1v) is 6.67. The minimum Gasteiger partial charge on any atom is -0.497 e. The van der Waals surface area contributed by atoms with Crippen molar-refractivity contribution in [1.82, 2.24) is 0 Å². The van der Waals surface area contributed by atoms with Gasteiger partial charge in [-0.2, -0.15) is 0 Å². The molecule has 1 aliphatic rings. The summed E-state index contributed by atoms with van der Waals surface area (Å²) in [5.74, 6) is 1.29. The first-order valence-electron chi connectivity index (χ1n) is 6.67. The highest BCUT2D eigenvalue weighted by atomic mass is 127. The molecule has 4 nitrogen and oxygen atoms in total. The molecule has 0 aromatic heterocycles. The first-order chi connectivity index (χ1) is 9.28. The largest absolute Gasteiger partial charge is 0.497 e. The lowest BCUT2D eigenvalue weighted by atomic mass is 10.2. The Morgan fingerprint density at radius 3 is 2.70 bits per heavy atom. The Hall–Kier alpha value is -1.24. The predicted molar refractivity (Wildman–Crippen MR) is 95.1 cm³/mol. The Bertz CT molecular complexity index is 469. The van der Waals surface area contributed by atoms with Crippen molar-refractivity contribution in [2.24, 2.45) is 10.7 Å². The maximum atomic E-state index is 5.85. The van der Waals surface area contributed by atoms with Gasteiger partial charge < -0.3 is 15.8 Å². The van der Waals surface area contributed by atoms with E-state index in [1.54, 1.807) is 7.11 Å². The minimum atomic E-state index is 0. The number of nitrogens with two attached hydrogens (primary N) is 1. The quantitative estimate of drug-likeness (QED) is 0.352. The molecule has 0 unspecified atom stereocenters. The number of methoxy groups -OCH3 is 1. The van der Waals surface area contributed by atoms with E-state index in [1.807, 2.05) is 24.3 Å². The van der Waals surface area contributed by atoms with Crippen LogP contribution in [0, 0.1) is 0 Å². The van der Waals surface area contributed by atoms with Gasteiger partial charge in [-0.1, -0.05) is 11.6 Å². The van der Waals surface area contributed by atoms with E-state index in [1.165, 1.54) is 24.8 Å². The Kier molecular flexibility index (Phi) is 7.43. The van der Waals surface area contributed by atoms with Gasteiger partial charge in [0.05, 0.1) is 7.11 Å². The lowest BCUT2D eigenvalue weighted by molar-refractivity contribution is 0.415. The molecule has 1 aromatic carbocycles. The molecule has 0 spiro atoms. The molecule has 3 N–H and O–H groups in total. The van der Waals surface area contributed by atoms with Crippen LogP contribution in [-0.4, -0.2) is 19.6 Å². The van der Waals surface area contributed by atoms with E-state index < -0.39 is 0 Å². The van der Waals surface area contributed by atoms with Crippen LogP contribution in [0.4, 0.5) is 5.69 Å². The zero-order valence-electron chi connectivity index (χ0n) is 11.8. The van der Waals surface area contributed by atoms with Crippen molar-refractivity contribution < 1.29 is 4.74 Å². The second-order valence-corrected chi connectivity index (χ2v) is 4.63. The number of benzene rings is 1. The molecule has 1 aliphatic carbocycles. The van der Waals surface area contributed by atoms with Crippen LogP contribution in [0.2, 0.25) is 0 Å². The zero-order valence-corrected chi connectivity index (χ0v) is 14.1. The molecule has 0 amide bonds. The molecule has 0 fully saturated rings. The van der Waals surface area contributed by atoms with Gasteiger partial charge in [0.15, 0.2) is 5.96 Å². The van der Waals surface area contributed by atoms with Crippen molar-refractivity contribution in [2.75, 3.05) is 19.0 Å². The highest BCUT2D eigenvalue weighted by Gasteiger charge is 2.03. The summed E-state index contributed by atoms with van der Waals surface area (Å²) in [7, 11) is 1.65. The minimum absolute atomic E-state index is 0. The standard InChI is InChI=1S/C15H21N3O.HI/c1-19-14-8-6-13(7-9-14)18-15(16)17-11-10-12-4-2-3-5-12;/h4,6-9H,2-3,5,10-11H2,1H3,(H3,16,17,18);1H. The summed E-state index contributed by atoms with van der Waals surface area (Å²) in [6.07, 6.45) is 7.08. The van der Waals surface area contributed by atoms with Gasteiger partial charge in [-0.3, -0.25) is 4.99 Å². The number of halogens is 1. The number of nitrogens with one attached hydrogen (secondary N) is 1. The summed E-state index contributed by atoms with van der Waals surface area (Å²) in [5.41, 5.74) is 8.28. The molecule has 0 aliphatic heterocycles. The second-order valence-electron chi connectivity index (χ2n) is 4.63. The van der Waals surface area contributed by atoms with Gasteiger partial charge in [-0.05, 0) is 49.9 Å². The Labute approximate surface area is 137 Å². The summed E-state index contributed by atoms with van der Waals surface area (Å²) in [4.78, 5) is 4.34. The summed E-state index contributed by atoms with van der Waals surface area (Å²) in [6.45, 7) is 0.751. The van der Waals surface area contributed by atoms with Crippen LogP contribution in [0.3, 0.4) is 0 Å². The van der Waals surface area contributed by atoms with E-state index in [-0.39, 0.29) is 24.0 Å². The third kappa shape index (κ3) is 5.40. The molecule has 0 heterocycles. The van der Waals surface area contributed by atoms with Crippen molar-refractivity contribution in [1.29, 1.82) is 0 Å². The van der Waals surface area contributed by atoms with Gasteiger partial charge in [0.2, 0.25) is 0 Å². The number of hydrogen-bond donors (Lipinski definition) is 2. The molecule has 1 aromatic rings. The third-order valence-electron chi connectivity index (χ3n) is 3.21. The number of allylic oxidation sites excluding steroid dienone is 1. The van der Waals surface area contributed by atoms with Crippen molar-refractivity contribution in [3.8, 4) is 5.75 Å². The monoisotopic (exact) mass is 387 g/mol. The Balaban J connectivity index is 0.00000200. The fourth-order valence-corrected chi connectivity index (χ4v) is 2.15. The fourth-order valence-electron chi connectivity index (χ4n) is 2.15. The summed E-state index contributed by atoms with van der Waals surface area (Å²) >= 11 is 0. The molecule has 110 valence electrons.